The lowest BCUT2D eigenvalue weighted by Crippen LogP contribution is -2.41. The van der Waals surface area contributed by atoms with Gasteiger partial charge in [-0.15, -0.1) is 0 Å². The second kappa shape index (κ2) is 8.19. The summed E-state index contributed by atoms with van der Waals surface area (Å²) in [6.07, 6.45) is 1.22. The van der Waals surface area contributed by atoms with Crippen LogP contribution in [0.4, 0.5) is 11.4 Å². The van der Waals surface area contributed by atoms with E-state index in [1.165, 1.54) is 0 Å². The molecule has 1 heterocycles. The van der Waals surface area contributed by atoms with E-state index in [4.69, 9.17) is 28.9 Å². The van der Waals surface area contributed by atoms with Crippen molar-refractivity contribution in [2.24, 2.45) is 5.92 Å². The highest BCUT2D eigenvalue weighted by atomic mass is 35.5. The van der Waals surface area contributed by atoms with Gasteiger partial charge in [-0.3, -0.25) is 9.59 Å². The second-order valence-corrected chi connectivity index (χ2v) is 7.54. The molecule has 5 nitrogen and oxygen atoms in total. The van der Waals surface area contributed by atoms with Crippen LogP contribution in [0.5, 0.6) is 0 Å². The summed E-state index contributed by atoms with van der Waals surface area (Å²) in [6.45, 7) is 3.03. The molecule has 1 aliphatic heterocycles. The number of nitrogen functional groups attached to an aromatic ring is 1. The number of hydrogen-bond acceptors (Lipinski definition) is 3. The molecule has 27 heavy (non-hydrogen) atoms. The predicted molar refractivity (Wildman–Crippen MR) is 109 cm³/mol. The summed E-state index contributed by atoms with van der Waals surface area (Å²) in [7, 11) is 0. The lowest BCUT2D eigenvalue weighted by atomic mass is 9.95. The molecule has 0 atom stereocenters. The lowest BCUT2D eigenvalue weighted by Gasteiger charge is -2.31. The van der Waals surface area contributed by atoms with E-state index in [0.29, 0.717) is 52.9 Å². The van der Waals surface area contributed by atoms with Crippen molar-refractivity contribution in [2.75, 3.05) is 24.1 Å². The molecule has 1 saturated heterocycles. The third kappa shape index (κ3) is 4.37. The average molecular weight is 406 g/mol. The molecular formula is C20H21Cl2N3O2. The van der Waals surface area contributed by atoms with E-state index in [1.807, 2.05) is 36.1 Å². The number of nitrogens with one attached hydrogen (secondary N) is 1. The van der Waals surface area contributed by atoms with Crippen LogP contribution in [-0.2, 0) is 4.79 Å². The molecule has 2 amide bonds. The van der Waals surface area contributed by atoms with Crippen LogP contribution in [0.15, 0.2) is 36.4 Å². The van der Waals surface area contributed by atoms with Gasteiger partial charge in [0.15, 0.2) is 0 Å². The lowest BCUT2D eigenvalue weighted by molar-refractivity contribution is -0.121. The zero-order chi connectivity index (χ0) is 19.6. The van der Waals surface area contributed by atoms with Gasteiger partial charge in [0, 0.05) is 30.3 Å². The molecule has 3 N–H and O–H groups in total. The number of benzene rings is 2. The maximum Gasteiger partial charge on any atom is 0.254 e. The van der Waals surface area contributed by atoms with Gasteiger partial charge in [0.1, 0.15) is 0 Å². The van der Waals surface area contributed by atoms with Gasteiger partial charge in [0.2, 0.25) is 5.91 Å². The van der Waals surface area contributed by atoms with Crippen molar-refractivity contribution in [2.45, 2.75) is 19.8 Å². The smallest absolute Gasteiger partial charge is 0.254 e. The minimum absolute atomic E-state index is 0.0176. The van der Waals surface area contributed by atoms with Gasteiger partial charge in [0.05, 0.1) is 15.7 Å². The van der Waals surface area contributed by atoms with E-state index in [9.17, 15) is 9.59 Å². The molecule has 0 unspecified atom stereocenters. The number of piperidine rings is 1. The Bertz CT molecular complexity index is 854. The number of carbonyl (C=O) groups excluding carboxylic acids is 2. The third-order valence-electron chi connectivity index (χ3n) is 4.88. The Morgan fingerprint density at radius 2 is 1.70 bits per heavy atom. The molecule has 0 radical (unpaired) electrons. The minimum Gasteiger partial charge on any atom is -0.396 e. The van der Waals surface area contributed by atoms with Gasteiger partial charge in [0.25, 0.3) is 5.91 Å². The molecule has 142 valence electrons. The SMILES string of the molecule is Cc1ccccc1C(=O)N1CCC(C(=O)Nc2cc(Cl)c(N)c(Cl)c2)CC1. The van der Waals surface area contributed by atoms with Gasteiger partial charge in [-0.1, -0.05) is 41.4 Å². The first-order valence-electron chi connectivity index (χ1n) is 8.77. The normalized spacial score (nSPS) is 14.9. The summed E-state index contributed by atoms with van der Waals surface area (Å²) in [4.78, 5) is 27.0. The highest BCUT2D eigenvalue weighted by Gasteiger charge is 2.28. The summed E-state index contributed by atoms with van der Waals surface area (Å²) in [6, 6.07) is 10.7. The summed E-state index contributed by atoms with van der Waals surface area (Å²) in [5.41, 5.74) is 8.19. The number of carbonyl (C=O) groups is 2. The van der Waals surface area contributed by atoms with Crippen LogP contribution in [0, 0.1) is 12.8 Å². The molecule has 1 fully saturated rings. The first-order valence-corrected chi connectivity index (χ1v) is 9.52. The molecule has 3 rings (SSSR count). The number of nitrogens with zero attached hydrogens (tertiary/aromatic N) is 1. The first kappa shape index (κ1) is 19.5. The summed E-state index contributed by atoms with van der Waals surface area (Å²) < 4.78 is 0. The highest BCUT2D eigenvalue weighted by molar-refractivity contribution is 6.39. The Morgan fingerprint density at radius 1 is 1.11 bits per heavy atom. The van der Waals surface area contributed by atoms with Gasteiger partial charge in [-0.05, 0) is 43.5 Å². The van der Waals surface area contributed by atoms with Crippen molar-refractivity contribution in [3.05, 3.63) is 57.6 Å². The van der Waals surface area contributed by atoms with Crippen molar-refractivity contribution in [3.63, 3.8) is 0 Å². The molecule has 0 saturated carbocycles. The highest BCUT2D eigenvalue weighted by Crippen LogP contribution is 2.31. The number of halogens is 2. The Balaban J connectivity index is 1.60. The van der Waals surface area contributed by atoms with E-state index in [-0.39, 0.29) is 17.7 Å². The van der Waals surface area contributed by atoms with Crippen LogP contribution in [0.2, 0.25) is 10.0 Å². The predicted octanol–water partition coefficient (Wildman–Crippen LogP) is 4.37. The van der Waals surface area contributed by atoms with Crippen LogP contribution in [-0.4, -0.2) is 29.8 Å². The van der Waals surface area contributed by atoms with Crippen molar-refractivity contribution in [1.29, 1.82) is 0 Å². The average Bonchev–Trinajstić information content (AvgIpc) is 2.66. The summed E-state index contributed by atoms with van der Waals surface area (Å²) in [5.74, 6) is -0.250. The fraction of sp³-hybridized carbons (Fsp3) is 0.300. The molecule has 0 spiro atoms. The second-order valence-electron chi connectivity index (χ2n) is 6.72. The van der Waals surface area contributed by atoms with Crippen molar-refractivity contribution < 1.29 is 9.59 Å². The molecule has 1 aliphatic rings. The zero-order valence-electron chi connectivity index (χ0n) is 15.0. The fourth-order valence-electron chi connectivity index (χ4n) is 3.23. The number of hydrogen-bond donors (Lipinski definition) is 2. The number of amides is 2. The topological polar surface area (TPSA) is 75.4 Å². The Hall–Kier alpha value is -2.24. The molecule has 0 aromatic heterocycles. The third-order valence-corrected chi connectivity index (χ3v) is 5.50. The molecular weight excluding hydrogens is 385 g/mol. The number of anilines is 2. The van der Waals surface area contributed by atoms with Gasteiger partial charge < -0.3 is 16.0 Å². The van der Waals surface area contributed by atoms with E-state index in [0.717, 1.165) is 5.56 Å². The fourth-order valence-corrected chi connectivity index (χ4v) is 3.72. The molecule has 2 aromatic rings. The van der Waals surface area contributed by atoms with E-state index in [2.05, 4.69) is 5.32 Å². The quantitative estimate of drug-likeness (QED) is 0.743. The maximum atomic E-state index is 12.7. The largest absolute Gasteiger partial charge is 0.396 e. The summed E-state index contributed by atoms with van der Waals surface area (Å²) >= 11 is 12.0. The van der Waals surface area contributed by atoms with E-state index >= 15 is 0 Å². The molecule has 0 aliphatic carbocycles. The Morgan fingerprint density at radius 3 is 2.30 bits per heavy atom. The maximum absolute atomic E-state index is 12.7. The van der Waals surface area contributed by atoms with Crippen LogP contribution in [0.25, 0.3) is 0 Å². The van der Waals surface area contributed by atoms with E-state index in [1.54, 1.807) is 12.1 Å². The number of aryl methyl sites for hydroxylation is 1. The zero-order valence-corrected chi connectivity index (χ0v) is 16.5. The first-order chi connectivity index (χ1) is 12.9. The van der Waals surface area contributed by atoms with Crippen LogP contribution in [0.1, 0.15) is 28.8 Å². The van der Waals surface area contributed by atoms with Gasteiger partial charge in [-0.25, -0.2) is 0 Å². The minimum atomic E-state index is -0.166. The van der Waals surface area contributed by atoms with Gasteiger partial charge >= 0.3 is 0 Å². The standard InChI is InChI=1S/C20H21Cl2N3O2/c1-12-4-2-3-5-15(12)20(27)25-8-6-13(7-9-25)19(26)24-14-10-16(21)18(23)17(22)11-14/h2-5,10-11,13H,6-9,23H2,1H3,(H,24,26). The van der Waals surface area contributed by atoms with Crippen molar-refractivity contribution >= 4 is 46.4 Å². The molecule has 2 aromatic carbocycles. The molecule has 0 bridgehead atoms. The van der Waals surface area contributed by atoms with Crippen LogP contribution in [0.3, 0.4) is 0 Å². The monoisotopic (exact) mass is 405 g/mol. The Labute approximate surface area is 168 Å². The van der Waals surface area contributed by atoms with Crippen LogP contribution < -0.4 is 11.1 Å². The number of likely N-dealkylation sites (tertiary alicyclic amines) is 1. The Kier molecular flexibility index (Phi) is 5.92. The summed E-state index contributed by atoms with van der Waals surface area (Å²) in [5, 5.41) is 3.44. The van der Waals surface area contributed by atoms with Crippen molar-refractivity contribution in [1.82, 2.24) is 4.90 Å². The number of nitrogens with two attached hydrogens (primary N) is 1. The van der Waals surface area contributed by atoms with Crippen molar-refractivity contribution in [3.8, 4) is 0 Å². The van der Waals surface area contributed by atoms with Gasteiger partial charge in [-0.2, -0.15) is 0 Å². The van der Waals surface area contributed by atoms with Crippen LogP contribution >= 0.6 is 23.2 Å². The van der Waals surface area contributed by atoms with E-state index < -0.39 is 0 Å². The molecule has 7 heteroatoms. The number of rotatable bonds is 3.